The number of aromatic nitrogens is 3. The number of nitrogens with one attached hydrogen (secondary N) is 1. The van der Waals surface area contributed by atoms with Crippen LogP contribution in [0.3, 0.4) is 0 Å². The zero-order valence-corrected chi connectivity index (χ0v) is 10.8. The fraction of sp³-hybridized carbons (Fsp3) is 0.154. The minimum Gasteiger partial charge on any atom is -0.496 e. The molecule has 2 heterocycles. The van der Waals surface area contributed by atoms with E-state index < -0.39 is 0 Å². The molecule has 102 valence electrons. The number of hydrogen-bond acceptors (Lipinski definition) is 6. The maximum absolute atomic E-state index is 12.5. The molecule has 0 fully saturated rings. The second kappa shape index (κ2) is 4.69. The van der Waals surface area contributed by atoms with E-state index in [4.69, 9.17) is 13.9 Å². The Bertz CT molecular complexity index is 808. The largest absolute Gasteiger partial charge is 0.496 e. The Hall–Kier alpha value is -2.83. The van der Waals surface area contributed by atoms with Crippen LogP contribution < -0.4 is 14.9 Å². The number of nitrogens with zero attached hydrogens (tertiary/aromatic N) is 2. The first-order valence-electron chi connectivity index (χ1n) is 5.78. The van der Waals surface area contributed by atoms with Crippen LogP contribution in [0.2, 0.25) is 0 Å². The maximum atomic E-state index is 12.5. The van der Waals surface area contributed by atoms with Crippen molar-refractivity contribution in [2.45, 2.75) is 0 Å². The van der Waals surface area contributed by atoms with E-state index in [0.717, 1.165) is 0 Å². The normalized spacial score (nSPS) is 10.7. The molecular formula is C13H11N3O4. The Balaban J connectivity index is 2.35. The molecule has 1 N–H and O–H groups in total. The highest BCUT2D eigenvalue weighted by molar-refractivity contribution is 5.87. The Labute approximate surface area is 113 Å². The summed E-state index contributed by atoms with van der Waals surface area (Å²) in [5, 5.41) is 6.69. The van der Waals surface area contributed by atoms with Gasteiger partial charge in [0.2, 0.25) is 5.43 Å². The zero-order valence-electron chi connectivity index (χ0n) is 10.8. The Morgan fingerprint density at radius 3 is 2.75 bits per heavy atom. The van der Waals surface area contributed by atoms with Gasteiger partial charge in [-0.3, -0.25) is 9.89 Å². The summed E-state index contributed by atoms with van der Waals surface area (Å²) in [6, 6.07) is 3.26. The van der Waals surface area contributed by atoms with Crippen LogP contribution in [0.25, 0.3) is 22.4 Å². The number of H-pyrrole nitrogens is 1. The van der Waals surface area contributed by atoms with Crippen molar-refractivity contribution in [3.63, 3.8) is 0 Å². The minimum atomic E-state index is -0.248. The molecule has 7 heteroatoms. The fourth-order valence-corrected chi connectivity index (χ4v) is 1.97. The molecule has 0 aliphatic carbocycles. The molecule has 0 aliphatic rings. The van der Waals surface area contributed by atoms with Gasteiger partial charge in [0.1, 0.15) is 40.6 Å². The number of methoxy groups -OCH3 is 2. The van der Waals surface area contributed by atoms with Crippen LogP contribution in [0.5, 0.6) is 11.5 Å². The van der Waals surface area contributed by atoms with Crippen LogP contribution in [-0.2, 0) is 0 Å². The monoisotopic (exact) mass is 273 g/mol. The van der Waals surface area contributed by atoms with Gasteiger partial charge in [0, 0.05) is 12.1 Å². The number of rotatable bonds is 3. The lowest BCUT2D eigenvalue weighted by atomic mass is 10.1. The van der Waals surface area contributed by atoms with Crippen molar-refractivity contribution in [1.82, 2.24) is 15.2 Å². The molecule has 3 aromatic rings. The molecule has 20 heavy (non-hydrogen) atoms. The topological polar surface area (TPSA) is 90.2 Å². The summed E-state index contributed by atoms with van der Waals surface area (Å²) in [7, 11) is 3.01. The quantitative estimate of drug-likeness (QED) is 0.779. The van der Waals surface area contributed by atoms with Gasteiger partial charge in [-0.05, 0) is 0 Å². The molecule has 0 radical (unpaired) electrons. The number of ether oxygens (including phenoxy) is 2. The maximum Gasteiger partial charge on any atom is 0.207 e. The average molecular weight is 273 g/mol. The molecule has 0 atom stereocenters. The van der Waals surface area contributed by atoms with E-state index in [1.54, 1.807) is 12.1 Å². The molecule has 0 saturated heterocycles. The summed E-state index contributed by atoms with van der Waals surface area (Å²) in [5.41, 5.74) is 0.426. The zero-order chi connectivity index (χ0) is 14.1. The molecule has 0 bridgehead atoms. The van der Waals surface area contributed by atoms with Gasteiger partial charge in [-0.15, -0.1) is 0 Å². The number of aromatic amines is 1. The predicted octanol–water partition coefficient (Wildman–Crippen LogP) is 1.60. The highest BCUT2D eigenvalue weighted by Crippen LogP contribution is 2.30. The van der Waals surface area contributed by atoms with E-state index in [1.165, 1.54) is 26.8 Å². The first-order valence-corrected chi connectivity index (χ1v) is 5.78. The van der Waals surface area contributed by atoms with Crippen molar-refractivity contribution in [2.24, 2.45) is 0 Å². The highest BCUT2D eigenvalue weighted by atomic mass is 16.5. The van der Waals surface area contributed by atoms with E-state index in [9.17, 15) is 4.79 Å². The lowest BCUT2D eigenvalue weighted by Crippen LogP contribution is -2.07. The molecule has 0 saturated carbocycles. The van der Waals surface area contributed by atoms with Crippen LogP contribution >= 0.6 is 0 Å². The van der Waals surface area contributed by atoms with Crippen molar-refractivity contribution < 1.29 is 13.9 Å². The average Bonchev–Trinajstić information content (AvgIpc) is 3.00. The molecule has 3 rings (SSSR count). The van der Waals surface area contributed by atoms with E-state index >= 15 is 0 Å². The smallest absolute Gasteiger partial charge is 0.207 e. The SMILES string of the molecule is COc1cc(OC)c2c(=O)c(-c3ncn[nH]3)coc2c1. The van der Waals surface area contributed by atoms with E-state index in [1.807, 2.05) is 0 Å². The van der Waals surface area contributed by atoms with Crippen LogP contribution in [0, 0.1) is 0 Å². The van der Waals surface area contributed by atoms with Gasteiger partial charge in [0.05, 0.1) is 14.2 Å². The number of fused-ring (bicyclic) bond motifs is 1. The van der Waals surface area contributed by atoms with Crippen LogP contribution in [0.1, 0.15) is 0 Å². The molecule has 0 spiro atoms. The van der Waals surface area contributed by atoms with Crippen molar-refractivity contribution in [2.75, 3.05) is 14.2 Å². The Morgan fingerprint density at radius 2 is 2.10 bits per heavy atom. The Kier molecular flexibility index (Phi) is 2.86. The summed E-state index contributed by atoms with van der Waals surface area (Å²) < 4.78 is 15.9. The van der Waals surface area contributed by atoms with Crippen molar-refractivity contribution in [1.29, 1.82) is 0 Å². The van der Waals surface area contributed by atoms with Crippen molar-refractivity contribution in [3.8, 4) is 22.9 Å². The van der Waals surface area contributed by atoms with Gasteiger partial charge in [0.25, 0.3) is 0 Å². The molecule has 7 nitrogen and oxygen atoms in total. The van der Waals surface area contributed by atoms with Crippen molar-refractivity contribution in [3.05, 3.63) is 34.9 Å². The molecule has 0 amide bonds. The van der Waals surface area contributed by atoms with Gasteiger partial charge < -0.3 is 13.9 Å². The van der Waals surface area contributed by atoms with Gasteiger partial charge in [-0.2, -0.15) is 5.10 Å². The third-order valence-corrected chi connectivity index (χ3v) is 2.94. The first-order chi connectivity index (χ1) is 9.74. The van der Waals surface area contributed by atoms with Gasteiger partial charge in [-0.1, -0.05) is 0 Å². The fourth-order valence-electron chi connectivity index (χ4n) is 1.97. The first kappa shape index (κ1) is 12.2. The number of benzene rings is 1. The predicted molar refractivity (Wildman–Crippen MR) is 71.0 cm³/mol. The molecule has 1 aromatic carbocycles. The van der Waals surface area contributed by atoms with Gasteiger partial charge in [0.15, 0.2) is 5.82 Å². The van der Waals surface area contributed by atoms with Gasteiger partial charge in [-0.25, -0.2) is 4.98 Å². The van der Waals surface area contributed by atoms with Crippen LogP contribution in [0.15, 0.2) is 33.9 Å². The summed E-state index contributed by atoms with van der Waals surface area (Å²) in [5.74, 6) is 1.28. The lowest BCUT2D eigenvalue weighted by Gasteiger charge is -2.08. The van der Waals surface area contributed by atoms with E-state index in [0.29, 0.717) is 33.9 Å². The summed E-state index contributed by atoms with van der Waals surface area (Å²) >= 11 is 0. The molecule has 0 aliphatic heterocycles. The molecule has 2 aromatic heterocycles. The third-order valence-electron chi connectivity index (χ3n) is 2.94. The van der Waals surface area contributed by atoms with Gasteiger partial charge >= 0.3 is 0 Å². The molecular weight excluding hydrogens is 262 g/mol. The van der Waals surface area contributed by atoms with Crippen molar-refractivity contribution >= 4 is 11.0 Å². The summed E-state index contributed by atoms with van der Waals surface area (Å²) in [6.07, 6.45) is 2.66. The second-order valence-corrected chi connectivity index (χ2v) is 4.02. The summed E-state index contributed by atoms with van der Waals surface area (Å²) in [4.78, 5) is 16.5. The van der Waals surface area contributed by atoms with E-state index in [2.05, 4.69) is 15.2 Å². The lowest BCUT2D eigenvalue weighted by molar-refractivity contribution is 0.396. The van der Waals surface area contributed by atoms with E-state index in [-0.39, 0.29) is 5.43 Å². The number of hydrogen-bond donors (Lipinski definition) is 1. The Morgan fingerprint density at radius 1 is 1.25 bits per heavy atom. The summed E-state index contributed by atoms with van der Waals surface area (Å²) in [6.45, 7) is 0. The molecule has 0 unspecified atom stereocenters. The van der Waals surface area contributed by atoms with Crippen LogP contribution in [0.4, 0.5) is 0 Å². The second-order valence-electron chi connectivity index (χ2n) is 4.02. The standard InChI is InChI=1S/C13H11N3O4/c1-18-7-3-9(19-2)11-10(4-7)20-5-8(12(11)17)13-14-6-15-16-13/h3-6H,1-2H3,(H,14,15,16). The minimum absolute atomic E-state index is 0.248. The van der Waals surface area contributed by atoms with Crippen LogP contribution in [-0.4, -0.2) is 29.4 Å². The third kappa shape index (κ3) is 1.80. The highest BCUT2D eigenvalue weighted by Gasteiger charge is 2.16.